The zero-order valence-corrected chi connectivity index (χ0v) is 9.77. The van der Waals surface area contributed by atoms with Crippen LogP contribution in [0.1, 0.15) is 28.7 Å². The highest BCUT2D eigenvalue weighted by molar-refractivity contribution is 5.94. The molecule has 1 aromatic rings. The molecule has 0 bridgehead atoms. The molecular weight excluding hydrogens is 190 g/mol. The number of amides is 1. The number of rotatable bonds is 4. The van der Waals surface area contributed by atoms with Crippen LogP contribution >= 0.6 is 0 Å². The second-order valence-corrected chi connectivity index (χ2v) is 3.91. The monoisotopic (exact) mass is 209 g/mol. The van der Waals surface area contributed by atoms with Crippen molar-refractivity contribution < 1.29 is 4.79 Å². The van der Waals surface area contributed by atoms with Gasteiger partial charge in [-0.25, -0.2) is 0 Å². The van der Waals surface area contributed by atoms with Gasteiger partial charge >= 0.3 is 0 Å². The predicted octanol–water partition coefficient (Wildman–Crippen LogP) is 0.969. The number of H-pyrrole nitrogens is 1. The van der Waals surface area contributed by atoms with E-state index < -0.39 is 0 Å². The quantitative estimate of drug-likeness (QED) is 0.692. The first-order chi connectivity index (χ1) is 7.04. The van der Waals surface area contributed by atoms with Crippen LogP contribution in [0.3, 0.4) is 0 Å². The number of likely N-dealkylation sites (N-methyl/N-ethyl adjacent to an activating group) is 1. The van der Waals surface area contributed by atoms with Gasteiger partial charge in [0.15, 0.2) is 0 Å². The Bertz CT molecular complexity index is 344. The maximum atomic E-state index is 11.7. The first kappa shape index (κ1) is 11.8. The van der Waals surface area contributed by atoms with Crippen molar-refractivity contribution in [1.29, 1.82) is 0 Å². The molecule has 0 saturated heterocycles. The molecule has 1 heterocycles. The standard InChI is InChI=1S/C11H19N3O/c1-7-5-8(2)14-10(7)11(15)13-6-9(3)12-4/h5,9,12,14H,6H2,1-4H3,(H,13,15). The molecule has 1 amide bonds. The van der Waals surface area contributed by atoms with E-state index in [2.05, 4.69) is 15.6 Å². The predicted molar refractivity (Wildman–Crippen MR) is 61.1 cm³/mol. The number of aromatic nitrogens is 1. The smallest absolute Gasteiger partial charge is 0.268 e. The van der Waals surface area contributed by atoms with E-state index in [0.717, 1.165) is 11.3 Å². The Balaban J connectivity index is 2.58. The minimum atomic E-state index is -0.0392. The molecular formula is C11H19N3O. The third kappa shape index (κ3) is 3.09. The molecule has 0 saturated carbocycles. The summed E-state index contributed by atoms with van der Waals surface area (Å²) in [5.41, 5.74) is 2.66. The van der Waals surface area contributed by atoms with Crippen LogP contribution in [0, 0.1) is 13.8 Å². The number of carbonyl (C=O) groups is 1. The van der Waals surface area contributed by atoms with Crippen molar-refractivity contribution in [3.05, 3.63) is 23.0 Å². The largest absolute Gasteiger partial charge is 0.354 e. The van der Waals surface area contributed by atoms with Gasteiger partial charge in [0.25, 0.3) is 5.91 Å². The fourth-order valence-electron chi connectivity index (χ4n) is 1.40. The normalized spacial score (nSPS) is 12.5. The Morgan fingerprint density at radius 1 is 1.53 bits per heavy atom. The third-order valence-electron chi connectivity index (χ3n) is 2.44. The number of aromatic amines is 1. The van der Waals surface area contributed by atoms with Gasteiger partial charge in [-0.15, -0.1) is 0 Å². The Hall–Kier alpha value is -1.29. The van der Waals surface area contributed by atoms with Crippen LogP contribution in [0.4, 0.5) is 0 Å². The van der Waals surface area contributed by atoms with E-state index in [9.17, 15) is 4.79 Å². The fraction of sp³-hybridized carbons (Fsp3) is 0.545. The minimum absolute atomic E-state index is 0.0392. The van der Waals surface area contributed by atoms with Crippen LogP contribution in [0.25, 0.3) is 0 Å². The molecule has 0 radical (unpaired) electrons. The van der Waals surface area contributed by atoms with Crippen molar-refractivity contribution in [1.82, 2.24) is 15.6 Å². The van der Waals surface area contributed by atoms with E-state index in [1.807, 2.05) is 33.9 Å². The SMILES string of the molecule is CNC(C)CNC(=O)c1[nH]c(C)cc1C. The summed E-state index contributed by atoms with van der Waals surface area (Å²) in [5, 5.41) is 5.94. The molecule has 0 fully saturated rings. The number of hydrogen-bond acceptors (Lipinski definition) is 2. The van der Waals surface area contributed by atoms with Gasteiger partial charge in [0, 0.05) is 18.3 Å². The molecule has 1 atom stereocenters. The summed E-state index contributed by atoms with van der Waals surface area (Å²) in [6, 6.07) is 2.25. The zero-order valence-electron chi connectivity index (χ0n) is 9.77. The maximum absolute atomic E-state index is 11.7. The lowest BCUT2D eigenvalue weighted by atomic mass is 10.2. The van der Waals surface area contributed by atoms with Crippen molar-refractivity contribution >= 4 is 5.91 Å². The summed E-state index contributed by atoms with van der Waals surface area (Å²) in [5.74, 6) is -0.0392. The first-order valence-corrected chi connectivity index (χ1v) is 5.16. The minimum Gasteiger partial charge on any atom is -0.354 e. The molecule has 0 aromatic carbocycles. The van der Waals surface area contributed by atoms with Crippen molar-refractivity contribution in [2.75, 3.05) is 13.6 Å². The molecule has 1 unspecified atom stereocenters. The summed E-state index contributed by atoms with van der Waals surface area (Å²) in [6.07, 6.45) is 0. The highest BCUT2D eigenvalue weighted by atomic mass is 16.1. The molecule has 0 aliphatic heterocycles. The Morgan fingerprint density at radius 2 is 2.20 bits per heavy atom. The van der Waals surface area contributed by atoms with Gasteiger partial charge in [-0.1, -0.05) is 0 Å². The molecule has 4 heteroatoms. The van der Waals surface area contributed by atoms with Crippen LogP contribution in [0.15, 0.2) is 6.07 Å². The second kappa shape index (κ2) is 4.98. The van der Waals surface area contributed by atoms with Crippen LogP contribution < -0.4 is 10.6 Å². The molecule has 84 valence electrons. The third-order valence-corrected chi connectivity index (χ3v) is 2.44. The van der Waals surface area contributed by atoms with E-state index in [-0.39, 0.29) is 11.9 Å². The van der Waals surface area contributed by atoms with Crippen LogP contribution in [-0.4, -0.2) is 30.5 Å². The van der Waals surface area contributed by atoms with Gasteiger partial charge in [-0.3, -0.25) is 4.79 Å². The van der Waals surface area contributed by atoms with Crippen molar-refractivity contribution in [3.63, 3.8) is 0 Å². The molecule has 0 aliphatic rings. The highest BCUT2D eigenvalue weighted by Crippen LogP contribution is 2.08. The van der Waals surface area contributed by atoms with E-state index in [1.54, 1.807) is 0 Å². The van der Waals surface area contributed by atoms with E-state index in [0.29, 0.717) is 12.2 Å². The van der Waals surface area contributed by atoms with E-state index >= 15 is 0 Å². The Labute approximate surface area is 90.5 Å². The molecule has 15 heavy (non-hydrogen) atoms. The molecule has 1 aromatic heterocycles. The number of hydrogen-bond donors (Lipinski definition) is 3. The topological polar surface area (TPSA) is 56.9 Å². The molecule has 0 aliphatic carbocycles. The number of carbonyl (C=O) groups excluding carboxylic acids is 1. The van der Waals surface area contributed by atoms with Gasteiger partial charge < -0.3 is 15.6 Å². The lowest BCUT2D eigenvalue weighted by Crippen LogP contribution is -2.37. The zero-order chi connectivity index (χ0) is 11.4. The fourth-order valence-corrected chi connectivity index (χ4v) is 1.40. The Morgan fingerprint density at radius 3 is 2.67 bits per heavy atom. The lowest BCUT2D eigenvalue weighted by molar-refractivity contribution is 0.0945. The van der Waals surface area contributed by atoms with E-state index in [1.165, 1.54) is 0 Å². The van der Waals surface area contributed by atoms with Crippen LogP contribution in [0.5, 0.6) is 0 Å². The second-order valence-electron chi connectivity index (χ2n) is 3.91. The average molecular weight is 209 g/mol. The summed E-state index contributed by atoms with van der Waals surface area (Å²) in [4.78, 5) is 14.8. The summed E-state index contributed by atoms with van der Waals surface area (Å²) < 4.78 is 0. The molecule has 0 spiro atoms. The maximum Gasteiger partial charge on any atom is 0.268 e. The van der Waals surface area contributed by atoms with Gasteiger partial charge in [0.05, 0.1) is 0 Å². The average Bonchev–Trinajstić information content (AvgIpc) is 2.53. The van der Waals surface area contributed by atoms with Gasteiger partial charge in [0.1, 0.15) is 5.69 Å². The van der Waals surface area contributed by atoms with Gasteiger partial charge in [-0.2, -0.15) is 0 Å². The highest BCUT2D eigenvalue weighted by Gasteiger charge is 2.11. The van der Waals surface area contributed by atoms with Crippen molar-refractivity contribution in [2.24, 2.45) is 0 Å². The Kier molecular flexibility index (Phi) is 3.91. The summed E-state index contributed by atoms with van der Waals surface area (Å²) in [6.45, 7) is 6.53. The van der Waals surface area contributed by atoms with Crippen molar-refractivity contribution in [2.45, 2.75) is 26.8 Å². The first-order valence-electron chi connectivity index (χ1n) is 5.16. The van der Waals surface area contributed by atoms with E-state index in [4.69, 9.17) is 0 Å². The van der Waals surface area contributed by atoms with Gasteiger partial charge in [-0.05, 0) is 39.4 Å². The van der Waals surface area contributed by atoms with Crippen LogP contribution in [-0.2, 0) is 0 Å². The molecule has 1 rings (SSSR count). The summed E-state index contributed by atoms with van der Waals surface area (Å²) in [7, 11) is 1.88. The van der Waals surface area contributed by atoms with Crippen LogP contribution in [0.2, 0.25) is 0 Å². The van der Waals surface area contributed by atoms with Gasteiger partial charge in [0.2, 0.25) is 0 Å². The molecule has 4 nitrogen and oxygen atoms in total. The summed E-state index contributed by atoms with van der Waals surface area (Å²) >= 11 is 0. The number of aryl methyl sites for hydroxylation is 2. The molecule has 3 N–H and O–H groups in total. The van der Waals surface area contributed by atoms with Crippen molar-refractivity contribution in [3.8, 4) is 0 Å². The number of nitrogens with one attached hydrogen (secondary N) is 3. The lowest BCUT2D eigenvalue weighted by Gasteiger charge is -2.11.